The number of anilines is 1. The Labute approximate surface area is 113 Å². The zero-order valence-electron chi connectivity index (χ0n) is 9.52. The van der Waals surface area contributed by atoms with Gasteiger partial charge in [-0.3, -0.25) is 0 Å². The van der Waals surface area contributed by atoms with E-state index in [0.29, 0.717) is 0 Å². The molecule has 1 fully saturated rings. The topological polar surface area (TPSA) is 47.2 Å². The van der Waals surface area contributed by atoms with Crippen LogP contribution in [-0.4, -0.2) is 67.5 Å². The van der Waals surface area contributed by atoms with Crippen LogP contribution in [0.4, 0.5) is 5.69 Å². The van der Waals surface area contributed by atoms with Crippen LogP contribution in [0.3, 0.4) is 0 Å². The van der Waals surface area contributed by atoms with Gasteiger partial charge in [-0.25, -0.2) is 0 Å². The summed E-state index contributed by atoms with van der Waals surface area (Å²) in [6, 6.07) is 8.33. The van der Waals surface area contributed by atoms with Crippen LogP contribution < -0.4 is 9.64 Å². The van der Waals surface area contributed by atoms with Crippen molar-refractivity contribution >= 4 is 31.8 Å². The molecule has 0 atom stereocenters. The van der Waals surface area contributed by atoms with E-state index in [9.17, 15) is 0 Å². The summed E-state index contributed by atoms with van der Waals surface area (Å²) in [5.74, 6) is 0.947. The van der Waals surface area contributed by atoms with Crippen LogP contribution >= 0.6 is 0 Å². The minimum absolute atomic E-state index is 0. The number of methoxy groups -OCH3 is 1. The van der Waals surface area contributed by atoms with E-state index in [4.69, 9.17) is 4.74 Å². The Morgan fingerprint density at radius 3 is 2.50 bits per heavy atom. The van der Waals surface area contributed by atoms with Crippen molar-refractivity contribution in [1.29, 1.82) is 0 Å². The van der Waals surface area contributed by atoms with Gasteiger partial charge in [0.05, 0.1) is 0 Å². The van der Waals surface area contributed by atoms with Crippen LogP contribution in [-0.2, 0) is 0 Å². The zero-order valence-corrected chi connectivity index (χ0v) is 14.0. The van der Waals surface area contributed by atoms with E-state index in [2.05, 4.69) is 25.8 Å². The number of hydrogen-bond acceptors (Lipinski definition) is 3. The number of hydrogen-bond donors (Lipinski definition) is 0. The van der Waals surface area contributed by atoms with Crippen molar-refractivity contribution in [3.05, 3.63) is 24.3 Å². The van der Waals surface area contributed by atoms with E-state index < -0.39 is 0 Å². The molecule has 0 bridgehead atoms. The molecule has 86 valence electrons. The summed E-state index contributed by atoms with van der Waals surface area (Å²) in [4.78, 5) is 2.43. The van der Waals surface area contributed by atoms with Gasteiger partial charge in [-0.15, -0.1) is 0 Å². The van der Waals surface area contributed by atoms with Crippen LogP contribution in [0.5, 0.6) is 5.75 Å². The molecular formula is C11H17N2O2Tl. The number of benzene rings is 1. The first-order chi connectivity index (χ1) is 7.29. The summed E-state index contributed by atoms with van der Waals surface area (Å²) >= 11 is 0.988. The molecule has 0 aromatic heterocycles. The van der Waals surface area contributed by atoms with Crippen LogP contribution in [0.25, 0.3) is 0 Å². The molecule has 0 spiro atoms. The molecule has 5 heteroatoms. The molecule has 16 heavy (non-hydrogen) atoms. The molecule has 0 unspecified atom stereocenters. The van der Waals surface area contributed by atoms with Crippen molar-refractivity contribution in [3.8, 4) is 5.75 Å². The van der Waals surface area contributed by atoms with Crippen molar-refractivity contribution in [2.24, 2.45) is 0 Å². The fourth-order valence-electron chi connectivity index (χ4n) is 1.79. The van der Waals surface area contributed by atoms with E-state index in [-0.39, 0.29) is 5.48 Å². The predicted molar refractivity (Wildman–Crippen MR) is 66.1 cm³/mol. The number of rotatable bonds is 2. The van der Waals surface area contributed by atoms with Crippen molar-refractivity contribution in [2.75, 3.05) is 38.2 Å². The van der Waals surface area contributed by atoms with Gasteiger partial charge in [0.1, 0.15) is 0 Å². The standard InChI is InChI=1S/C11H15N2O.H2O.Tl/c1-14-11-4-2-3-10(9-11)13-7-5-12-6-8-13;;/h2-4,9H,5-8H2,1H3;1H2;/q-1;;+1. The summed E-state index contributed by atoms with van der Waals surface area (Å²) in [5.41, 5.74) is 1.28. The first kappa shape index (κ1) is 13.7. The predicted octanol–water partition coefficient (Wildman–Crippen LogP) is 0.0760. The van der Waals surface area contributed by atoms with Crippen molar-refractivity contribution < 1.29 is 10.2 Å². The normalized spacial score (nSPS) is 16.6. The molecule has 1 heterocycles. The third-order valence-electron chi connectivity index (χ3n) is 2.73. The molecule has 4 nitrogen and oxygen atoms in total. The molecule has 1 aliphatic rings. The van der Waals surface area contributed by atoms with Gasteiger partial charge in [-0.1, -0.05) is 0 Å². The smallest absolute Gasteiger partial charge is 0.412 e. The Kier molecular flexibility index (Phi) is 5.50. The second-order valence-electron chi connectivity index (χ2n) is 3.72. The van der Waals surface area contributed by atoms with Gasteiger partial charge in [0.15, 0.2) is 0 Å². The number of nitrogens with zero attached hydrogens (tertiary/aromatic N) is 2. The third kappa shape index (κ3) is 3.33. The van der Waals surface area contributed by atoms with Crippen molar-refractivity contribution in [1.82, 2.24) is 2.71 Å². The monoisotopic (exact) mass is 414 g/mol. The Morgan fingerprint density at radius 2 is 1.88 bits per heavy atom. The van der Waals surface area contributed by atoms with Gasteiger partial charge in [0.25, 0.3) is 0 Å². The van der Waals surface area contributed by atoms with Gasteiger partial charge in [-0.2, -0.15) is 0 Å². The van der Waals surface area contributed by atoms with Gasteiger partial charge in [0, 0.05) is 0 Å². The molecule has 1 saturated heterocycles. The molecule has 2 N–H and O–H groups in total. The fraction of sp³-hybridized carbons (Fsp3) is 0.455. The van der Waals surface area contributed by atoms with Crippen molar-refractivity contribution in [3.63, 3.8) is 0 Å². The molecule has 2 rings (SSSR count). The van der Waals surface area contributed by atoms with E-state index >= 15 is 0 Å². The first-order valence-corrected chi connectivity index (χ1v) is 7.19. The van der Waals surface area contributed by atoms with Gasteiger partial charge < -0.3 is 5.48 Å². The summed E-state index contributed by atoms with van der Waals surface area (Å²) in [6.45, 7) is 4.71. The molecule has 0 amide bonds. The Balaban J connectivity index is 0.00000128. The minimum atomic E-state index is 0. The van der Waals surface area contributed by atoms with Gasteiger partial charge in [-0.05, 0) is 0 Å². The molecule has 1 aliphatic heterocycles. The zero-order chi connectivity index (χ0) is 10.7. The minimum Gasteiger partial charge on any atom is -0.412 e. The van der Waals surface area contributed by atoms with Gasteiger partial charge in [0.2, 0.25) is 0 Å². The number of piperazine rings is 1. The SMILES string of the molecule is COc1cccc(N2CC[N]([Tl])CC2)c1.O. The van der Waals surface area contributed by atoms with Crippen LogP contribution in [0, 0.1) is 0 Å². The Morgan fingerprint density at radius 1 is 1.19 bits per heavy atom. The van der Waals surface area contributed by atoms with E-state index in [1.165, 1.54) is 18.8 Å². The number of ether oxygens (including phenoxy) is 1. The Bertz CT molecular complexity index is 328. The molecule has 0 saturated carbocycles. The van der Waals surface area contributed by atoms with Crippen LogP contribution in [0.1, 0.15) is 0 Å². The Hall–Kier alpha value is -0.338. The van der Waals surface area contributed by atoms with Crippen LogP contribution in [0.2, 0.25) is 0 Å². The van der Waals surface area contributed by atoms with Crippen molar-refractivity contribution in [2.45, 2.75) is 0 Å². The second kappa shape index (κ2) is 6.41. The fourth-order valence-corrected chi connectivity index (χ4v) is 2.69. The molecule has 1 aromatic rings. The second-order valence-corrected chi connectivity index (χ2v) is 6.56. The average Bonchev–Trinajstić information content (AvgIpc) is 2.30. The third-order valence-corrected chi connectivity index (χ3v) is 4.74. The summed E-state index contributed by atoms with van der Waals surface area (Å²) in [7, 11) is 1.72. The quantitative estimate of drug-likeness (QED) is 0.645. The summed E-state index contributed by atoms with van der Waals surface area (Å²) in [5, 5.41) is 0. The van der Waals surface area contributed by atoms with E-state index in [1.807, 2.05) is 6.07 Å². The average molecular weight is 414 g/mol. The maximum atomic E-state index is 5.24. The summed E-state index contributed by atoms with van der Waals surface area (Å²) in [6.07, 6.45) is 0. The maximum Gasteiger partial charge on any atom is -0.412 e. The maximum absolute atomic E-state index is 5.24. The first-order valence-electron chi connectivity index (χ1n) is 5.18. The molecule has 0 aliphatic carbocycles. The molecular weight excluding hydrogens is 397 g/mol. The summed E-state index contributed by atoms with van der Waals surface area (Å²) < 4.78 is 7.76. The van der Waals surface area contributed by atoms with E-state index in [1.54, 1.807) is 7.11 Å². The van der Waals surface area contributed by atoms with E-state index in [0.717, 1.165) is 44.9 Å². The molecule has 1 aromatic carbocycles. The van der Waals surface area contributed by atoms with Crippen LogP contribution in [0.15, 0.2) is 24.3 Å². The van der Waals surface area contributed by atoms with Gasteiger partial charge >= 0.3 is 107 Å². The molecule has 0 radical (unpaired) electrons. The largest absolute Gasteiger partial charge is 0.412 e.